The monoisotopic (exact) mass is 288 g/mol. The van der Waals surface area contributed by atoms with Gasteiger partial charge < -0.3 is 20.1 Å². The summed E-state index contributed by atoms with van der Waals surface area (Å²) < 4.78 is 5.62. The van der Waals surface area contributed by atoms with Crippen molar-refractivity contribution in [3.8, 4) is 0 Å². The highest BCUT2D eigenvalue weighted by atomic mass is 16.6. The normalized spacial score (nSPS) is 35.0. The third-order valence-corrected chi connectivity index (χ3v) is 4.37. The fourth-order valence-electron chi connectivity index (χ4n) is 3.15. The molecule has 21 heavy (non-hydrogen) atoms. The van der Waals surface area contributed by atoms with E-state index in [9.17, 15) is 15.3 Å². The van der Waals surface area contributed by atoms with Crippen LogP contribution < -0.4 is 0 Å². The summed E-state index contributed by atoms with van der Waals surface area (Å²) in [6, 6.07) is 6.13. The highest BCUT2D eigenvalue weighted by Crippen LogP contribution is 2.39. The first-order chi connectivity index (χ1) is 10.0. The van der Waals surface area contributed by atoms with Gasteiger partial charge in [0.05, 0.1) is 12.7 Å². The lowest BCUT2D eigenvalue weighted by atomic mass is 9.80. The summed E-state index contributed by atoms with van der Waals surface area (Å²) in [6.45, 7) is 5.86. The van der Waals surface area contributed by atoms with E-state index >= 15 is 0 Å². The minimum Gasteiger partial charge on any atom is -0.394 e. The van der Waals surface area contributed by atoms with Crippen LogP contribution in [-0.2, 0) is 4.74 Å². The van der Waals surface area contributed by atoms with Gasteiger partial charge in [0.1, 0.15) is 18.3 Å². The second kappa shape index (κ2) is 5.39. The van der Waals surface area contributed by atoms with Crippen LogP contribution in [0.1, 0.15) is 16.7 Å². The van der Waals surface area contributed by atoms with Crippen LogP contribution in [0.25, 0.3) is 11.6 Å². The predicted molar refractivity (Wildman–Crippen MR) is 80.5 cm³/mol. The molecule has 5 atom stereocenters. The number of aliphatic hydroxyl groups is 3. The molecule has 1 aliphatic heterocycles. The SMILES string of the molecule is C=C1c2ccc(C)cc2C=CC1[C@@H]1O[C@H](CO)C(O)[C@@H]1O. The Bertz CT molecular complexity index is 592. The van der Waals surface area contributed by atoms with Crippen molar-refractivity contribution in [2.24, 2.45) is 5.92 Å². The van der Waals surface area contributed by atoms with Crippen LogP contribution in [0, 0.1) is 12.8 Å². The van der Waals surface area contributed by atoms with Crippen molar-refractivity contribution in [2.45, 2.75) is 31.3 Å². The molecule has 0 saturated carbocycles. The minimum atomic E-state index is -1.07. The molecule has 3 N–H and O–H groups in total. The summed E-state index contributed by atoms with van der Waals surface area (Å²) in [5.41, 5.74) is 4.17. The van der Waals surface area contributed by atoms with E-state index in [2.05, 4.69) is 12.6 Å². The fraction of sp³-hybridized carbons (Fsp3) is 0.412. The third-order valence-electron chi connectivity index (χ3n) is 4.37. The number of aliphatic hydroxyl groups excluding tert-OH is 3. The average molecular weight is 288 g/mol. The Hall–Kier alpha value is -1.46. The second-order valence-corrected chi connectivity index (χ2v) is 5.80. The largest absolute Gasteiger partial charge is 0.394 e. The highest BCUT2D eigenvalue weighted by Gasteiger charge is 2.46. The van der Waals surface area contributed by atoms with Crippen LogP contribution in [0.2, 0.25) is 0 Å². The number of benzene rings is 1. The molecule has 2 unspecified atom stereocenters. The Morgan fingerprint density at radius 3 is 2.67 bits per heavy atom. The van der Waals surface area contributed by atoms with Crippen LogP contribution >= 0.6 is 0 Å². The summed E-state index contributed by atoms with van der Waals surface area (Å²) in [4.78, 5) is 0. The maximum atomic E-state index is 10.2. The first-order valence-corrected chi connectivity index (χ1v) is 7.13. The molecule has 4 heteroatoms. The molecule has 4 nitrogen and oxygen atoms in total. The predicted octanol–water partition coefficient (Wildman–Crippen LogP) is 1.13. The first-order valence-electron chi connectivity index (χ1n) is 7.13. The summed E-state index contributed by atoms with van der Waals surface area (Å²) in [5, 5.41) is 29.2. The van der Waals surface area contributed by atoms with Gasteiger partial charge in [0.15, 0.2) is 0 Å². The number of rotatable bonds is 2. The molecular formula is C17H20O4. The zero-order valence-corrected chi connectivity index (χ0v) is 11.9. The Morgan fingerprint density at radius 1 is 1.24 bits per heavy atom. The smallest absolute Gasteiger partial charge is 0.111 e. The number of aryl methyl sites for hydroxylation is 1. The van der Waals surface area contributed by atoms with E-state index in [4.69, 9.17) is 4.74 Å². The number of hydrogen-bond donors (Lipinski definition) is 3. The van der Waals surface area contributed by atoms with Gasteiger partial charge in [-0.25, -0.2) is 0 Å². The summed E-state index contributed by atoms with van der Waals surface area (Å²) in [7, 11) is 0. The fourth-order valence-corrected chi connectivity index (χ4v) is 3.15. The van der Waals surface area contributed by atoms with E-state index in [0.717, 1.165) is 16.7 Å². The molecule has 0 bridgehead atoms. The molecule has 0 aromatic heterocycles. The molecular weight excluding hydrogens is 268 g/mol. The van der Waals surface area contributed by atoms with Crippen LogP contribution in [-0.4, -0.2) is 46.3 Å². The Labute approximate surface area is 124 Å². The van der Waals surface area contributed by atoms with Crippen molar-refractivity contribution in [1.82, 2.24) is 0 Å². The maximum absolute atomic E-state index is 10.2. The van der Waals surface area contributed by atoms with E-state index in [1.807, 2.05) is 31.2 Å². The van der Waals surface area contributed by atoms with Gasteiger partial charge in [0.2, 0.25) is 0 Å². The van der Waals surface area contributed by atoms with Gasteiger partial charge >= 0.3 is 0 Å². The molecule has 1 aliphatic carbocycles. The summed E-state index contributed by atoms with van der Waals surface area (Å²) in [6.07, 6.45) is 0.517. The van der Waals surface area contributed by atoms with E-state index in [1.54, 1.807) is 0 Å². The van der Waals surface area contributed by atoms with Gasteiger partial charge in [-0.05, 0) is 23.6 Å². The lowest BCUT2D eigenvalue weighted by molar-refractivity contribution is -0.0281. The Morgan fingerprint density at radius 2 is 2.00 bits per heavy atom. The molecule has 1 aromatic rings. The molecule has 0 spiro atoms. The molecule has 1 fully saturated rings. The first kappa shape index (κ1) is 14.5. The quantitative estimate of drug-likeness (QED) is 0.763. The summed E-state index contributed by atoms with van der Waals surface area (Å²) >= 11 is 0. The molecule has 112 valence electrons. The van der Waals surface area contributed by atoms with Gasteiger partial charge in [-0.3, -0.25) is 0 Å². The van der Waals surface area contributed by atoms with E-state index in [-0.39, 0.29) is 12.5 Å². The summed E-state index contributed by atoms with van der Waals surface area (Å²) in [5.74, 6) is -0.207. The van der Waals surface area contributed by atoms with Crippen molar-refractivity contribution in [3.63, 3.8) is 0 Å². The average Bonchev–Trinajstić information content (AvgIpc) is 2.75. The van der Waals surface area contributed by atoms with Crippen LogP contribution in [0.4, 0.5) is 0 Å². The van der Waals surface area contributed by atoms with Gasteiger partial charge in [-0.15, -0.1) is 0 Å². The molecule has 1 saturated heterocycles. The van der Waals surface area contributed by atoms with E-state index in [0.29, 0.717) is 0 Å². The van der Waals surface area contributed by atoms with Crippen molar-refractivity contribution in [1.29, 1.82) is 0 Å². The molecule has 1 heterocycles. The second-order valence-electron chi connectivity index (χ2n) is 5.80. The highest BCUT2D eigenvalue weighted by molar-refractivity contribution is 5.80. The molecule has 0 amide bonds. The Balaban J connectivity index is 1.89. The Kier molecular flexibility index (Phi) is 3.71. The zero-order chi connectivity index (χ0) is 15.1. The molecule has 0 radical (unpaired) electrons. The van der Waals surface area contributed by atoms with Crippen LogP contribution in [0.5, 0.6) is 0 Å². The van der Waals surface area contributed by atoms with Crippen molar-refractivity contribution >= 4 is 11.6 Å². The number of fused-ring (bicyclic) bond motifs is 1. The van der Waals surface area contributed by atoms with Crippen molar-refractivity contribution < 1.29 is 20.1 Å². The maximum Gasteiger partial charge on any atom is 0.111 e. The van der Waals surface area contributed by atoms with Gasteiger partial charge in [0, 0.05) is 5.92 Å². The van der Waals surface area contributed by atoms with Crippen LogP contribution in [0.3, 0.4) is 0 Å². The zero-order valence-electron chi connectivity index (χ0n) is 11.9. The lowest BCUT2D eigenvalue weighted by Gasteiger charge is -2.29. The molecule has 1 aromatic carbocycles. The number of ether oxygens (including phenoxy) is 1. The van der Waals surface area contributed by atoms with Gasteiger partial charge in [-0.1, -0.05) is 42.5 Å². The van der Waals surface area contributed by atoms with Crippen LogP contribution in [0.15, 0.2) is 30.9 Å². The lowest BCUT2D eigenvalue weighted by Crippen LogP contribution is -2.36. The standard InChI is InChI=1S/C17H20O4/c1-9-3-5-12-10(2)13(6-4-11(12)7-9)17-16(20)15(19)14(8-18)21-17/h3-7,13-20H,2,8H2,1H3/t13?,14-,15?,16+,17+/m1/s1. The van der Waals surface area contributed by atoms with Gasteiger partial charge in [-0.2, -0.15) is 0 Å². The van der Waals surface area contributed by atoms with Crippen molar-refractivity contribution in [3.05, 3.63) is 47.5 Å². The van der Waals surface area contributed by atoms with Crippen molar-refractivity contribution in [2.75, 3.05) is 6.61 Å². The van der Waals surface area contributed by atoms with Gasteiger partial charge in [0.25, 0.3) is 0 Å². The van der Waals surface area contributed by atoms with E-state index < -0.39 is 24.4 Å². The molecule has 3 rings (SSSR count). The molecule has 2 aliphatic rings. The minimum absolute atomic E-state index is 0.207. The topological polar surface area (TPSA) is 69.9 Å². The van der Waals surface area contributed by atoms with E-state index in [1.165, 1.54) is 5.56 Å². The third kappa shape index (κ3) is 2.34. The number of hydrogen-bond acceptors (Lipinski definition) is 4.